The van der Waals surface area contributed by atoms with Crippen molar-refractivity contribution in [2.45, 2.75) is 46.2 Å². The largest absolute Gasteiger partial charge is 0.328 e. The molecule has 1 aromatic heterocycles. The van der Waals surface area contributed by atoms with Gasteiger partial charge in [-0.1, -0.05) is 6.92 Å². The zero-order valence-electron chi connectivity index (χ0n) is 9.57. The molecule has 80 valence electrons. The van der Waals surface area contributed by atoms with Gasteiger partial charge in [0.2, 0.25) is 0 Å². The molecule has 0 aromatic carbocycles. The molecule has 2 atom stereocenters. The van der Waals surface area contributed by atoms with E-state index in [4.69, 9.17) is 5.73 Å². The van der Waals surface area contributed by atoms with E-state index in [0.29, 0.717) is 12.0 Å². The monoisotopic (exact) mass is 195 g/mol. The smallest absolute Gasteiger partial charge is 0.0627 e. The van der Waals surface area contributed by atoms with Crippen LogP contribution in [0, 0.1) is 5.92 Å². The second-order valence-corrected chi connectivity index (χ2v) is 4.42. The zero-order valence-corrected chi connectivity index (χ0v) is 9.57. The summed E-state index contributed by atoms with van der Waals surface area (Å²) in [5.74, 6) is 0.491. The fraction of sp³-hybridized carbons (Fsp3) is 0.727. The number of hydrogen-bond acceptors (Lipinski definition) is 2. The molecule has 0 saturated heterocycles. The molecule has 2 N–H and O–H groups in total. The maximum atomic E-state index is 5.82. The Balaban J connectivity index is 2.60. The van der Waals surface area contributed by atoms with Gasteiger partial charge in [0.15, 0.2) is 0 Å². The highest BCUT2D eigenvalue weighted by atomic mass is 15.3. The average Bonchev–Trinajstić information content (AvgIpc) is 2.52. The van der Waals surface area contributed by atoms with E-state index in [-0.39, 0.29) is 6.04 Å². The fourth-order valence-corrected chi connectivity index (χ4v) is 1.29. The van der Waals surface area contributed by atoms with Crippen molar-refractivity contribution in [3.8, 4) is 0 Å². The highest BCUT2D eigenvalue weighted by molar-refractivity contribution is 5.01. The van der Waals surface area contributed by atoms with Gasteiger partial charge in [-0.2, -0.15) is 5.10 Å². The SMILES string of the molecule is CC(N)C(C)Cc1ccn(C(C)C)n1. The number of hydrogen-bond donors (Lipinski definition) is 1. The van der Waals surface area contributed by atoms with Crippen LogP contribution in [-0.4, -0.2) is 15.8 Å². The summed E-state index contributed by atoms with van der Waals surface area (Å²) in [4.78, 5) is 0. The quantitative estimate of drug-likeness (QED) is 0.798. The van der Waals surface area contributed by atoms with E-state index in [1.54, 1.807) is 0 Å². The summed E-state index contributed by atoms with van der Waals surface area (Å²) >= 11 is 0. The minimum atomic E-state index is 0.235. The Labute approximate surface area is 86.3 Å². The lowest BCUT2D eigenvalue weighted by Crippen LogP contribution is -2.25. The molecule has 1 rings (SSSR count). The molecule has 0 radical (unpaired) electrons. The Bertz CT molecular complexity index is 276. The summed E-state index contributed by atoms with van der Waals surface area (Å²) in [6.45, 7) is 8.47. The molecule has 0 amide bonds. The summed E-state index contributed by atoms with van der Waals surface area (Å²) in [5.41, 5.74) is 6.96. The van der Waals surface area contributed by atoms with Crippen molar-refractivity contribution >= 4 is 0 Å². The van der Waals surface area contributed by atoms with Crippen LogP contribution in [-0.2, 0) is 6.42 Å². The normalized spacial score (nSPS) is 15.9. The Morgan fingerprint density at radius 1 is 1.36 bits per heavy atom. The molecule has 0 aliphatic carbocycles. The van der Waals surface area contributed by atoms with E-state index >= 15 is 0 Å². The summed E-state index contributed by atoms with van der Waals surface area (Å²) < 4.78 is 1.99. The zero-order chi connectivity index (χ0) is 10.7. The fourth-order valence-electron chi connectivity index (χ4n) is 1.29. The summed E-state index contributed by atoms with van der Waals surface area (Å²) in [7, 11) is 0. The first kappa shape index (κ1) is 11.2. The molecule has 0 aliphatic heterocycles. The Hall–Kier alpha value is -0.830. The van der Waals surface area contributed by atoms with E-state index in [0.717, 1.165) is 12.1 Å². The van der Waals surface area contributed by atoms with Gasteiger partial charge in [0.1, 0.15) is 0 Å². The molecule has 14 heavy (non-hydrogen) atoms. The van der Waals surface area contributed by atoms with Crippen LogP contribution in [0.1, 0.15) is 39.4 Å². The molecule has 0 saturated carbocycles. The molecule has 1 aromatic rings. The van der Waals surface area contributed by atoms with Crippen LogP contribution in [0.15, 0.2) is 12.3 Å². The van der Waals surface area contributed by atoms with Gasteiger partial charge in [0, 0.05) is 18.3 Å². The van der Waals surface area contributed by atoms with E-state index in [1.165, 1.54) is 0 Å². The first-order chi connectivity index (χ1) is 6.50. The van der Waals surface area contributed by atoms with Gasteiger partial charge < -0.3 is 5.73 Å². The van der Waals surface area contributed by atoms with Crippen LogP contribution in [0.5, 0.6) is 0 Å². The van der Waals surface area contributed by atoms with E-state index in [9.17, 15) is 0 Å². The van der Waals surface area contributed by atoms with Crippen molar-refractivity contribution < 1.29 is 0 Å². The average molecular weight is 195 g/mol. The number of rotatable bonds is 4. The minimum absolute atomic E-state index is 0.235. The van der Waals surface area contributed by atoms with Crippen molar-refractivity contribution in [3.63, 3.8) is 0 Å². The molecule has 0 aliphatic rings. The predicted molar refractivity (Wildman–Crippen MR) is 59.1 cm³/mol. The molecular weight excluding hydrogens is 174 g/mol. The maximum Gasteiger partial charge on any atom is 0.0627 e. The Morgan fingerprint density at radius 2 is 2.00 bits per heavy atom. The highest BCUT2D eigenvalue weighted by Crippen LogP contribution is 2.10. The van der Waals surface area contributed by atoms with Crippen LogP contribution in [0.25, 0.3) is 0 Å². The van der Waals surface area contributed by atoms with Gasteiger partial charge in [-0.15, -0.1) is 0 Å². The Morgan fingerprint density at radius 3 is 2.43 bits per heavy atom. The van der Waals surface area contributed by atoms with Gasteiger partial charge in [-0.25, -0.2) is 0 Å². The number of nitrogens with zero attached hydrogens (tertiary/aromatic N) is 2. The maximum absolute atomic E-state index is 5.82. The molecule has 3 nitrogen and oxygen atoms in total. The first-order valence-electron chi connectivity index (χ1n) is 5.30. The third-order valence-corrected chi connectivity index (χ3v) is 2.62. The molecule has 3 heteroatoms. The van der Waals surface area contributed by atoms with Gasteiger partial charge in [-0.3, -0.25) is 4.68 Å². The van der Waals surface area contributed by atoms with Crippen molar-refractivity contribution in [1.29, 1.82) is 0 Å². The van der Waals surface area contributed by atoms with Crippen LogP contribution >= 0.6 is 0 Å². The second-order valence-electron chi connectivity index (χ2n) is 4.42. The van der Waals surface area contributed by atoms with E-state index < -0.39 is 0 Å². The van der Waals surface area contributed by atoms with Crippen molar-refractivity contribution in [3.05, 3.63) is 18.0 Å². The third-order valence-electron chi connectivity index (χ3n) is 2.62. The van der Waals surface area contributed by atoms with Gasteiger partial charge in [-0.05, 0) is 39.2 Å². The standard InChI is InChI=1S/C11H21N3/c1-8(2)14-6-5-11(13-14)7-9(3)10(4)12/h5-6,8-10H,7,12H2,1-4H3. The van der Waals surface area contributed by atoms with Gasteiger partial charge >= 0.3 is 0 Å². The molecular formula is C11H21N3. The lowest BCUT2D eigenvalue weighted by atomic mass is 9.99. The van der Waals surface area contributed by atoms with Crippen LogP contribution in [0.4, 0.5) is 0 Å². The predicted octanol–water partition coefficient (Wildman–Crippen LogP) is 1.99. The lowest BCUT2D eigenvalue weighted by Gasteiger charge is -2.13. The Kier molecular flexibility index (Phi) is 3.69. The highest BCUT2D eigenvalue weighted by Gasteiger charge is 2.10. The van der Waals surface area contributed by atoms with E-state index in [2.05, 4.69) is 31.9 Å². The second kappa shape index (κ2) is 4.60. The van der Waals surface area contributed by atoms with Crippen LogP contribution in [0.3, 0.4) is 0 Å². The lowest BCUT2D eigenvalue weighted by molar-refractivity contribution is 0.465. The molecule has 0 bridgehead atoms. The molecule has 0 spiro atoms. The molecule has 2 unspecified atom stereocenters. The van der Waals surface area contributed by atoms with Crippen molar-refractivity contribution in [2.75, 3.05) is 0 Å². The molecule has 1 heterocycles. The van der Waals surface area contributed by atoms with E-state index in [1.807, 2.05) is 17.8 Å². The number of nitrogens with two attached hydrogens (primary N) is 1. The topological polar surface area (TPSA) is 43.8 Å². The van der Waals surface area contributed by atoms with Crippen LogP contribution in [0.2, 0.25) is 0 Å². The minimum Gasteiger partial charge on any atom is -0.328 e. The van der Waals surface area contributed by atoms with Crippen molar-refractivity contribution in [1.82, 2.24) is 9.78 Å². The summed E-state index contributed by atoms with van der Waals surface area (Å²) in [6.07, 6.45) is 3.01. The van der Waals surface area contributed by atoms with Crippen LogP contribution < -0.4 is 5.73 Å². The summed E-state index contributed by atoms with van der Waals surface area (Å²) in [6, 6.07) is 2.76. The van der Waals surface area contributed by atoms with Gasteiger partial charge in [0.25, 0.3) is 0 Å². The number of aromatic nitrogens is 2. The summed E-state index contributed by atoms with van der Waals surface area (Å²) in [5, 5.41) is 4.49. The van der Waals surface area contributed by atoms with Crippen molar-refractivity contribution in [2.24, 2.45) is 11.7 Å². The third kappa shape index (κ3) is 2.84. The molecule has 0 fully saturated rings. The first-order valence-corrected chi connectivity index (χ1v) is 5.30. The van der Waals surface area contributed by atoms with Gasteiger partial charge in [0.05, 0.1) is 5.69 Å².